The van der Waals surface area contributed by atoms with Gasteiger partial charge in [-0.25, -0.2) is 0 Å². The van der Waals surface area contributed by atoms with Crippen LogP contribution >= 0.6 is 0 Å². The van der Waals surface area contributed by atoms with Crippen molar-refractivity contribution >= 4 is 0 Å². The van der Waals surface area contributed by atoms with Gasteiger partial charge in [0.2, 0.25) is 0 Å². The van der Waals surface area contributed by atoms with E-state index in [2.05, 4.69) is 47.2 Å². The summed E-state index contributed by atoms with van der Waals surface area (Å²) in [6, 6.07) is 11.8. The highest BCUT2D eigenvalue weighted by Gasteiger charge is 2.31. The van der Waals surface area contributed by atoms with Gasteiger partial charge in [-0.3, -0.25) is 4.90 Å². The van der Waals surface area contributed by atoms with Crippen molar-refractivity contribution in [3.63, 3.8) is 0 Å². The maximum atomic E-state index is 2.69. The van der Waals surface area contributed by atoms with Crippen LogP contribution in [0.15, 0.2) is 30.3 Å². The highest BCUT2D eigenvalue weighted by Crippen LogP contribution is 2.29. The molecule has 1 aromatic carbocycles. The van der Waals surface area contributed by atoms with Crippen molar-refractivity contribution in [2.24, 2.45) is 5.92 Å². The van der Waals surface area contributed by atoms with Crippen LogP contribution in [-0.2, 0) is 6.54 Å². The molecule has 1 aromatic rings. The summed E-state index contributed by atoms with van der Waals surface area (Å²) in [4.78, 5) is 5.31. The summed E-state index contributed by atoms with van der Waals surface area (Å²) >= 11 is 0. The molecule has 2 saturated heterocycles. The molecule has 0 spiro atoms. The summed E-state index contributed by atoms with van der Waals surface area (Å²) in [5.74, 6) is 0.937. The van der Waals surface area contributed by atoms with E-state index in [-0.39, 0.29) is 0 Å². The first-order chi connectivity index (χ1) is 9.83. The minimum Gasteiger partial charge on any atom is -0.302 e. The van der Waals surface area contributed by atoms with Gasteiger partial charge < -0.3 is 4.90 Å². The summed E-state index contributed by atoms with van der Waals surface area (Å²) in [7, 11) is 2.33. The van der Waals surface area contributed by atoms with Gasteiger partial charge in [-0.2, -0.15) is 0 Å². The fraction of sp³-hybridized carbons (Fsp3) is 0.667. The third-order valence-corrected chi connectivity index (χ3v) is 5.19. The van der Waals surface area contributed by atoms with Crippen molar-refractivity contribution < 1.29 is 0 Å². The Kier molecular flexibility index (Phi) is 4.74. The first-order valence-electron chi connectivity index (χ1n) is 8.29. The van der Waals surface area contributed by atoms with Gasteiger partial charge in [0.25, 0.3) is 0 Å². The maximum Gasteiger partial charge on any atom is 0.0248 e. The molecule has 3 rings (SSSR count). The predicted octanol–water partition coefficient (Wildman–Crippen LogP) is 3.38. The smallest absolute Gasteiger partial charge is 0.0248 e. The molecule has 0 aliphatic carbocycles. The van der Waals surface area contributed by atoms with E-state index in [1.165, 1.54) is 57.3 Å². The molecule has 110 valence electrons. The Morgan fingerprint density at radius 3 is 2.65 bits per heavy atom. The molecule has 2 heteroatoms. The van der Waals surface area contributed by atoms with Crippen LogP contribution < -0.4 is 0 Å². The predicted molar refractivity (Wildman–Crippen MR) is 84.7 cm³/mol. The third-order valence-electron chi connectivity index (χ3n) is 5.19. The Bertz CT molecular complexity index is 403. The number of benzene rings is 1. The van der Waals surface area contributed by atoms with Gasteiger partial charge in [0, 0.05) is 19.1 Å². The summed E-state index contributed by atoms with van der Waals surface area (Å²) in [5, 5.41) is 0. The second-order valence-electron chi connectivity index (χ2n) is 6.67. The van der Waals surface area contributed by atoms with E-state index < -0.39 is 0 Å². The lowest BCUT2D eigenvalue weighted by Gasteiger charge is -2.43. The molecule has 2 heterocycles. The molecular formula is C18H28N2. The quantitative estimate of drug-likeness (QED) is 0.814. The van der Waals surface area contributed by atoms with E-state index in [0.29, 0.717) is 0 Å². The molecule has 0 N–H and O–H groups in total. The van der Waals surface area contributed by atoms with Gasteiger partial charge in [0.05, 0.1) is 0 Å². The Morgan fingerprint density at radius 2 is 1.80 bits per heavy atom. The second-order valence-corrected chi connectivity index (χ2v) is 6.67. The summed E-state index contributed by atoms with van der Waals surface area (Å²) in [5.41, 5.74) is 1.46. The highest BCUT2D eigenvalue weighted by molar-refractivity contribution is 5.14. The van der Waals surface area contributed by atoms with Crippen LogP contribution in [0.25, 0.3) is 0 Å². The van der Waals surface area contributed by atoms with Gasteiger partial charge in [-0.05, 0) is 57.3 Å². The van der Waals surface area contributed by atoms with Crippen molar-refractivity contribution in [1.82, 2.24) is 9.80 Å². The minimum atomic E-state index is 0.785. The zero-order valence-electron chi connectivity index (χ0n) is 12.8. The van der Waals surface area contributed by atoms with Crippen LogP contribution in [-0.4, -0.2) is 42.5 Å². The highest BCUT2D eigenvalue weighted by atomic mass is 15.2. The molecule has 0 amide bonds. The van der Waals surface area contributed by atoms with Crippen LogP contribution in [0, 0.1) is 5.92 Å². The van der Waals surface area contributed by atoms with E-state index >= 15 is 0 Å². The van der Waals surface area contributed by atoms with Gasteiger partial charge in [-0.15, -0.1) is 0 Å². The van der Waals surface area contributed by atoms with Crippen LogP contribution in [0.4, 0.5) is 0 Å². The summed E-state index contributed by atoms with van der Waals surface area (Å²) in [6.45, 7) is 4.94. The number of rotatable bonds is 2. The van der Waals surface area contributed by atoms with Crippen LogP contribution in [0.1, 0.15) is 37.7 Å². The van der Waals surface area contributed by atoms with Gasteiger partial charge in [0.15, 0.2) is 0 Å². The van der Waals surface area contributed by atoms with Crippen molar-refractivity contribution in [2.75, 3.05) is 26.7 Å². The SMILES string of the molecule is CN1CCCC2CCCCN(Cc3ccccc3)CC21. The number of fused-ring (bicyclic) bond motifs is 1. The number of hydrogen-bond acceptors (Lipinski definition) is 2. The van der Waals surface area contributed by atoms with E-state index in [4.69, 9.17) is 0 Å². The molecule has 2 aliphatic rings. The average molecular weight is 272 g/mol. The molecular weight excluding hydrogens is 244 g/mol. The lowest BCUT2D eigenvalue weighted by molar-refractivity contribution is 0.0604. The number of likely N-dealkylation sites (tertiary alicyclic amines) is 2. The zero-order valence-corrected chi connectivity index (χ0v) is 12.8. The van der Waals surface area contributed by atoms with Crippen LogP contribution in [0.3, 0.4) is 0 Å². The van der Waals surface area contributed by atoms with E-state index in [1.54, 1.807) is 0 Å². The largest absolute Gasteiger partial charge is 0.302 e. The fourth-order valence-electron chi connectivity index (χ4n) is 4.03. The number of nitrogens with zero attached hydrogens (tertiary/aromatic N) is 2. The van der Waals surface area contributed by atoms with E-state index in [0.717, 1.165) is 18.5 Å². The molecule has 0 radical (unpaired) electrons. The van der Waals surface area contributed by atoms with E-state index in [1.807, 2.05) is 0 Å². The number of hydrogen-bond donors (Lipinski definition) is 0. The summed E-state index contributed by atoms with van der Waals surface area (Å²) in [6.07, 6.45) is 7.10. The fourth-order valence-corrected chi connectivity index (χ4v) is 4.03. The molecule has 0 bridgehead atoms. The molecule has 2 atom stereocenters. The maximum absolute atomic E-state index is 2.69. The Hall–Kier alpha value is -0.860. The third kappa shape index (κ3) is 3.42. The summed E-state index contributed by atoms with van der Waals surface area (Å²) < 4.78 is 0. The number of likely N-dealkylation sites (N-methyl/N-ethyl adjacent to an activating group) is 1. The Labute approximate surface area is 123 Å². The van der Waals surface area contributed by atoms with Gasteiger partial charge in [-0.1, -0.05) is 36.8 Å². The molecule has 2 aliphatic heterocycles. The Balaban J connectivity index is 1.67. The molecule has 0 saturated carbocycles. The molecule has 2 unspecified atom stereocenters. The second kappa shape index (κ2) is 6.73. The van der Waals surface area contributed by atoms with Crippen molar-refractivity contribution in [3.8, 4) is 0 Å². The molecule has 20 heavy (non-hydrogen) atoms. The number of piperidine rings is 1. The Morgan fingerprint density at radius 1 is 1.00 bits per heavy atom. The first-order valence-corrected chi connectivity index (χ1v) is 8.29. The van der Waals surface area contributed by atoms with Crippen LogP contribution in [0.5, 0.6) is 0 Å². The standard InChI is InChI=1S/C18H28N2/c1-19-12-7-11-17-10-5-6-13-20(15-18(17)19)14-16-8-3-2-4-9-16/h2-4,8-9,17-18H,5-7,10-15H2,1H3. The van der Waals surface area contributed by atoms with Gasteiger partial charge in [0.1, 0.15) is 0 Å². The molecule has 2 nitrogen and oxygen atoms in total. The lowest BCUT2D eigenvalue weighted by atomic mass is 9.84. The molecule has 0 aromatic heterocycles. The molecule has 2 fully saturated rings. The van der Waals surface area contributed by atoms with Crippen LogP contribution in [0.2, 0.25) is 0 Å². The minimum absolute atomic E-state index is 0.785. The van der Waals surface area contributed by atoms with Crippen molar-refractivity contribution in [3.05, 3.63) is 35.9 Å². The van der Waals surface area contributed by atoms with Crippen molar-refractivity contribution in [2.45, 2.75) is 44.7 Å². The first kappa shape index (κ1) is 14.1. The van der Waals surface area contributed by atoms with Crippen molar-refractivity contribution in [1.29, 1.82) is 0 Å². The average Bonchev–Trinajstić information content (AvgIpc) is 2.44. The van der Waals surface area contributed by atoms with Gasteiger partial charge >= 0.3 is 0 Å². The lowest BCUT2D eigenvalue weighted by Crippen LogP contribution is -2.50. The topological polar surface area (TPSA) is 6.48 Å². The van der Waals surface area contributed by atoms with E-state index in [9.17, 15) is 0 Å². The zero-order chi connectivity index (χ0) is 13.8. The normalized spacial score (nSPS) is 29.4. The monoisotopic (exact) mass is 272 g/mol.